The van der Waals surface area contributed by atoms with Crippen LogP contribution in [0.1, 0.15) is 30.5 Å². The number of rotatable bonds is 8. The van der Waals surface area contributed by atoms with Crippen LogP contribution in [0.2, 0.25) is 0 Å². The van der Waals surface area contributed by atoms with Crippen LogP contribution in [0.15, 0.2) is 18.2 Å². The maximum atomic E-state index is 6.10. The molecule has 4 nitrogen and oxygen atoms in total. The lowest BCUT2D eigenvalue weighted by Crippen LogP contribution is -2.38. The summed E-state index contributed by atoms with van der Waals surface area (Å²) in [6.45, 7) is 6.90. The molecule has 1 heterocycles. The van der Waals surface area contributed by atoms with Crippen LogP contribution in [0.5, 0.6) is 5.75 Å². The highest BCUT2D eigenvalue weighted by Gasteiger charge is 2.21. The Kier molecular flexibility index (Phi) is 6.03. The van der Waals surface area contributed by atoms with Gasteiger partial charge < -0.3 is 15.4 Å². The van der Waals surface area contributed by atoms with Crippen molar-refractivity contribution in [1.29, 1.82) is 0 Å². The molecule has 2 N–H and O–H groups in total. The van der Waals surface area contributed by atoms with Crippen molar-refractivity contribution >= 4 is 0 Å². The number of ether oxygens (including phenoxy) is 1. The SMILES string of the molecule is CCCN(CCN(C)C)C(CN)c1ccc2c(c1)CCO2. The fourth-order valence-electron chi connectivity index (χ4n) is 2.95. The zero-order chi connectivity index (χ0) is 15.2. The predicted molar refractivity (Wildman–Crippen MR) is 87.9 cm³/mol. The van der Waals surface area contributed by atoms with Gasteiger partial charge in [-0.1, -0.05) is 19.1 Å². The fourth-order valence-corrected chi connectivity index (χ4v) is 2.95. The van der Waals surface area contributed by atoms with Gasteiger partial charge in [0.2, 0.25) is 0 Å². The van der Waals surface area contributed by atoms with E-state index in [0.29, 0.717) is 12.6 Å². The van der Waals surface area contributed by atoms with Crippen molar-refractivity contribution in [3.05, 3.63) is 29.3 Å². The molecule has 0 bridgehead atoms. The van der Waals surface area contributed by atoms with E-state index < -0.39 is 0 Å². The van der Waals surface area contributed by atoms with Gasteiger partial charge in [-0.05, 0) is 44.3 Å². The first-order chi connectivity index (χ1) is 10.2. The lowest BCUT2D eigenvalue weighted by Gasteiger charge is -2.32. The Bertz CT molecular complexity index is 448. The van der Waals surface area contributed by atoms with Crippen LogP contribution < -0.4 is 10.5 Å². The Labute approximate surface area is 128 Å². The Morgan fingerprint density at radius 3 is 2.71 bits per heavy atom. The fraction of sp³-hybridized carbons (Fsp3) is 0.647. The smallest absolute Gasteiger partial charge is 0.122 e. The summed E-state index contributed by atoms with van der Waals surface area (Å²) in [5.74, 6) is 1.05. The van der Waals surface area contributed by atoms with Crippen molar-refractivity contribution < 1.29 is 4.74 Å². The summed E-state index contributed by atoms with van der Waals surface area (Å²) < 4.78 is 5.60. The summed E-state index contributed by atoms with van der Waals surface area (Å²) in [6.07, 6.45) is 2.17. The molecule has 0 aromatic heterocycles. The first-order valence-electron chi connectivity index (χ1n) is 8.00. The third-order valence-corrected chi connectivity index (χ3v) is 4.11. The third-order valence-electron chi connectivity index (χ3n) is 4.11. The lowest BCUT2D eigenvalue weighted by atomic mass is 10.0. The van der Waals surface area contributed by atoms with E-state index in [1.54, 1.807) is 0 Å². The van der Waals surface area contributed by atoms with Gasteiger partial charge in [-0.25, -0.2) is 0 Å². The maximum absolute atomic E-state index is 6.10. The van der Waals surface area contributed by atoms with Crippen LogP contribution in [-0.2, 0) is 6.42 Å². The van der Waals surface area contributed by atoms with E-state index in [9.17, 15) is 0 Å². The lowest BCUT2D eigenvalue weighted by molar-refractivity contribution is 0.182. The summed E-state index contributed by atoms with van der Waals surface area (Å²) in [5.41, 5.74) is 8.76. The van der Waals surface area contributed by atoms with Crippen LogP contribution in [-0.4, -0.2) is 56.7 Å². The zero-order valence-corrected chi connectivity index (χ0v) is 13.6. The van der Waals surface area contributed by atoms with Gasteiger partial charge in [0.1, 0.15) is 5.75 Å². The Morgan fingerprint density at radius 1 is 1.24 bits per heavy atom. The van der Waals surface area contributed by atoms with Crippen molar-refractivity contribution in [2.45, 2.75) is 25.8 Å². The van der Waals surface area contributed by atoms with Gasteiger partial charge in [-0.3, -0.25) is 4.90 Å². The van der Waals surface area contributed by atoms with Crippen LogP contribution in [0.3, 0.4) is 0 Å². The molecule has 0 saturated heterocycles. The number of hydrogen-bond acceptors (Lipinski definition) is 4. The first-order valence-corrected chi connectivity index (χ1v) is 8.00. The highest BCUT2D eigenvalue weighted by molar-refractivity contribution is 5.40. The van der Waals surface area contributed by atoms with Gasteiger partial charge in [-0.2, -0.15) is 0 Å². The van der Waals surface area contributed by atoms with E-state index in [0.717, 1.165) is 44.8 Å². The number of likely N-dealkylation sites (N-methyl/N-ethyl adjacent to an activating group) is 1. The average molecular weight is 291 g/mol. The molecule has 1 aromatic rings. The first kappa shape index (κ1) is 16.3. The Balaban J connectivity index is 2.14. The van der Waals surface area contributed by atoms with E-state index in [-0.39, 0.29) is 0 Å². The van der Waals surface area contributed by atoms with Crippen molar-refractivity contribution in [3.8, 4) is 5.75 Å². The largest absolute Gasteiger partial charge is 0.493 e. The van der Waals surface area contributed by atoms with Crippen molar-refractivity contribution in [2.75, 3.05) is 46.9 Å². The second-order valence-electron chi connectivity index (χ2n) is 6.06. The number of nitrogens with zero attached hydrogens (tertiary/aromatic N) is 2. The van der Waals surface area contributed by atoms with Crippen LogP contribution in [0.25, 0.3) is 0 Å². The number of benzene rings is 1. The minimum absolute atomic E-state index is 0.302. The van der Waals surface area contributed by atoms with E-state index in [4.69, 9.17) is 10.5 Å². The molecule has 118 valence electrons. The standard InChI is InChI=1S/C17H29N3O/c1-4-8-20(10-9-19(2)3)16(13-18)14-5-6-17-15(12-14)7-11-21-17/h5-6,12,16H,4,7-11,13,18H2,1-3H3. The molecule has 0 saturated carbocycles. The monoisotopic (exact) mass is 291 g/mol. The highest BCUT2D eigenvalue weighted by Crippen LogP contribution is 2.30. The van der Waals surface area contributed by atoms with E-state index in [1.807, 2.05) is 0 Å². The van der Waals surface area contributed by atoms with Gasteiger partial charge in [0.05, 0.1) is 6.61 Å². The normalized spacial score (nSPS) is 15.3. The molecule has 0 radical (unpaired) electrons. The second-order valence-corrected chi connectivity index (χ2v) is 6.06. The molecular weight excluding hydrogens is 262 g/mol. The van der Waals surface area contributed by atoms with Crippen LogP contribution in [0.4, 0.5) is 0 Å². The zero-order valence-electron chi connectivity index (χ0n) is 13.6. The Hall–Kier alpha value is -1.10. The quantitative estimate of drug-likeness (QED) is 0.794. The molecule has 1 unspecified atom stereocenters. The third kappa shape index (κ3) is 4.19. The second kappa shape index (κ2) is 7.78. The topological polar surface area (TPSA) is 41.7 Å². The number of hydrogen-bond donors (Lipinski definition) is 1. The highest BCUT2D eigenvalue weighted by atomic mass is 16.5. The molecule has 0 fully saturated rings. The number of fused-ring (bicyclic) bond motifs is 1. The molecule has 1 aliphatic rings. The van der Waals surface area contributed by atoms with Crippen molar-refractivity contribution in [3.63, 3.8) is 0 Å². The molecule has 1 aromatic carbocycles. The van der Waals surface area contributed by atoms with Gasteiger partial charge in [0, 0.05) is 32.1 Å². The molecule has 0 spiro atoms. The molecule has 4 heteroatoms. The molecule has 2 rings (SSSR count). The Morgan fingerprint density at radius 2 is 2.05 bits per heavy atom. The minimum Gasteiger partial charge on any atom is -0.493 e. The average Bonchev–Trinajstić information content (AvgIpc) is 2.93. The summed E-state index contributed by atoms with van der Waals surface area (Å²) in [4.78, 5) is 4.74. The minimum atomic E-state index is 0.302. The van der Waals surface area contributed by atoms with Gasteiger partial charge in [0.15, 0.2) is 0 Å². The summed E-state index contributed by atoms with van der Waals surface area (Å²) in [5, 5.41) is 0. The summed E-state index contributed by atoms with van der Waals surface area (Å²) >= 11 is 0. The molecule has 1 atom stereocenters. The van der Waals surface area contributed by atoms with Crippen LogP contribution >= 0.6 is 0 Å². The number of nitrogens with two attached hydrogens (primary N) is 1. The van der Waals surface area contributed by atoms with E-state index in [2.05, 4.69) is 49.0 Å². The van der Waals surface area contributed by atoms with E-state index in [1.165, 1.54) is 11.1 Å². The molecular formula is C17H29N3O. The van der Waals surface area contributed by atoms with Gasteiger partial charge in [-0.15, -0.1) is 0 Å². The van der Waals surface area contributed by atoms with E-state index >= 15 is 0 Å². The van der Waals surface area contributed by atoms with Gasteiger partial charge in [0.25, 0.3) is 0 Å². The molecule has 0 amide bonds. The molecule has 1 aliphatic heterocycles. The van der Waals surface area contributed by atoms with Gasteiger partial charge >= 0.3 is 0 Å². The van der Waals surface area contributed by atoms with Crippen molar-refractivity contribution in [1.82, 2.24) is 9.80 Å². The molecule has 21 heavy (non-hydrogen) atoms. The summed E-state index contributed by atoms with van der Waals surface area (Å²) in [6, 6.07) is 6.88. The van der Waals surface area contributed by atoms with Crippen LogP contribution in [0, 0.1) is 0 Å². The van der Waals surface area contributed by atoms with Crippen molar-refractivity contribution in [2.24, 2.45) is 5.73 Å². The predicted octanol–water partition coefficient (Wildman–Crippen LogP) is 1.89. The summed E-state index contributed by atoms with van der Waals surface area (Å²) in [7, 11) is 4.24. The maximum Gasteiger partial charge on any atom is 0.122 e. The molecule has 0 aliphatic carbocycles.